The molecule has 9 nitrogen and oxygen atoms in total. The first-order valence-corrected chi connectivity index (χ1v) is 9.42. The molecule has 0 spiro atoms. The van der Waals surface area contributed by atoms with E-state index in [9.17, 15) is 9.90 Å². The van der Waals surface area contributed by atoms with Crippen molar-refractivity contribution in [3.05, 3.63) is 41.6 Å². The zero-order chi connectivity index (χ0) is 22.3. The highest BCUT2D eigenvalue weighted by Crippen LogP contribution is 2.33. The lowest BCUT2D eigenvalue weighted by atomic mass is 9.90. The summed E-state index contributed by atoms with van der Waals surface area (Å²) in [6.45, 7) is 5.02. The highest BCUT2D eigenvalue weighted by molar-refractivity contribution is 5.68. The van der Waals surface area contributed by atoms with Gasteiger partial charge in [-0.25, -0.2) is 4.79 Å². The quantitative estimate of drug-likeness (QED) is 0.672. The first kappa shape index (κ1) is 23.2. The molecule has 1 amide bonds. The molecular formula is C21H29N3O6. The monoisotopic (exact) mass is 419 g/mol. The van der Waals surface area contributed by atoms with E-state index in [2.05, 4.69) is 15.3 Å². The molecule has 0 radical (unpaired) electrons. The maximum Gasteiger partial charge on any atom is 0.408 e. The van der Waals surface area contributed by atoms with E-state index in [1.54, 1.807) is 58.2 Å². The molecule has 2 unspecified atom stereocenters. The minimum atomic E-state index is -0.676. The van der Waals surface area contributed by atoms with Crippen LogP contribution >= 0.6 is 0 Å². The third-order valence-corrected chi connectivity index (χ3v) is 4.22. The Balaban J connectivity index is 2.47. The van der Waals surface area contributed by atoms with Crippen LogP contribution in [0.4, 0.5) is 4.79 Å². The van der Waals surface area contributed by atoms with E-state index in [0.29, 0.717) is 11.4 Å². The summed E-state index contributed by atoms with van der Waals surface area (Å²) < 4.78 is 21.0. The fourth-order valence-corrected chi connectivity index (χ4v) is 2.84. The van der Waals surface area contributed by atoms with Gasteiger partial charge >= 0.3 is 12.1 Å². The minimum Gasteiger partial charge on any atom is -0.497 e. The van der Waals surface area contributed by atoms with E-state index >= 15 is 0 Å². The van der Waals surface area contributed by atoms with Gasteiger partial charge in [0.2, 0.25) is 5.88 Å². The first-order valence-electron chi connectivity index (χ1n) is 9.42. The number of ether oxygens (including phenoxy) is 4. The number of carbonyl (C=O) groups excluding carboxylic acids is 1. The normalized spacial score (nSPS) is 13.2. The van der Waals surface area contributed by atoms with Crippen LogP contribution in [0.25, 0.3) is 0 Å². The number of nitrogens with zero attached hydrogens (tertiary/aromatic N) is 2. The lowest BCUT2D eigenvalue weighted by molar-refractivity contribution is 0.0487. The van der Waals surface area contributed by atoms with Crippen molar-refractivity contribution in [1.82, 2.24) is 15.3 Å². The van der Waals surface area contributed by atoms with Gasteiger partial charge in [0.25, 0.3) is 0 Å². The Kier molecular flexibility index (Phi) is 7.82. The van der Waals surface area contributed by atoms with Gasteiger partial charge in [-0.1, -0.05) is 12.1 Å². The van der Waals surface area contributed by atoms with Crippen molar-refractivity contribution in [2.24, 2.45) is 0 Å². The fourth-order valence-electron chi connectivity index (χ4n) is 2.84. The average Bonchev–Trinajstić information content (AvgIpc) is 2.72. The van der Waals surface area contributed by atoms with Gasteiger partial charge in [-0.05, 0) is 38.5 Å². The number of methoxy groups -OCH3 is 3. The molecule has 0 aliphatic heterocycles. The van der Waals surface area contributed by atoms with Crippen LogP contribution in [0, 0.1) is 0 Å². The predicted molar refractivity (Wildman–Crippen MR) is 110 cm³/mol. The molecule has 0 saturated carbocycles. The molecule has 2 aromatic rings. The van der Waals surface area contributed by atoms with E-state index < -0.39 is 23.7 Å². The molecule has 1 aromatic carbocycles. The topological polar surface area (TPSA) is 112 Å². The molecule has 1 heterocycles. The summed E-state index contributed by atoms with van der Waals surface area (Å²) in [6.07, 6.45) is -0.616. The second-order valence-electron chi connectivity index (χ2n) is 7.51. The summed E-state index contributed by atoms with van der Waals surface area (Å²) in [5.74, 6) is 0.318. The average molecular weight is 419 g/mol. The summed E-state index contributed by atoms with van der Waals surface area (Å²) in [5.41, 5.74) is 0.500. The summed E-state index contributed by atoms with van der Waals surface area (Å²) in [5, 5.41) is 13.1. The number of alkyl carbamates (subject to hydrolysis) is 1. The van der Waals surface area contributed by atoms with E-state index in [-0.39, 0.29) is 18.5 Å². The third-order valence-electron chi connectivity index (χ3n) is 4.22. The van der Waals surface area contributed by atoms with Crippen LogP contribution in [0.3, 0.4) is 0 Å². The largest absolute Gasteiger partial charge is 0.497 e. The Labute approximate surface area is 176 Å². The molecule has 0 aliphatic carbocycles. The number of aliphatic hydroxyl groups is 1. The number of hydrogen-bond donors (Lipinski definition) is 2. The van der Waals surface area contributed by atoms with Crippen molar-refractivity contribution in [1.29, 1.82) is 0 Å². The van der Waals surface area contributed by atoms with Crippen molar-refractivity contribution in [3.8, 4) is 17.6 Å². The molecule has 0 fully saturated rings. The van der Waals surface area contributed by atoms with Gasteiger partial charge in [-0.15, -0.1) is 0 Å². The molecule has 0 aliphatic rings. The van der Waals surface area contributed by atoms with Crippen LogP contribution in [0.2, 0.25) is 0 Å². The van der Waals surface area contributed by atoms with Crippen LogP contribution in [-0.2, 0) is 4.74 Å². The van der Waals surface area contributed by atoms with E-state index in [0.717, 1.165) is 5.56 Å². The van der Waals surface area contributed by atoms with E-state index in [1.165, 1.54) is 14.2 Å². The molecule has 164 valence electrons. The molecule has 2 rings (SSSR count). The van der Waals surface area contributed by atoms with Crippen molar-refractivity contribution in [3.63, 3.8) is 0 Å². The SMILES string of the molecule is COc1ccc(C(NC(=O)OC(C)(C)C)C(CO)c2cc(OC)nc(OC)n2)cc1. The summed E-state index contributed by atoms with van der Waals surface area (Å²) in [7, 11) is 4.48. The Morgan fingerprint density at radius 1 is 1.07 bits per heavy atom. The zero-order valence-corrected chi connectivity index (χ0v) is 18.1. The van der Waals surface area contributed by atoms with Gasteiger partial charge in [0, 0.05) is 12.0 Å². The maximum atomic E-state index is 12.5. The standard InChI is InChI=1S/C21H29N3O6/c1-21(2,3)30-20(26)24-18(13-7-9-14(27-4)10-8-13)15(12-25)16-11-17(28-5)23-19(22-16)29-6/h7-11,15,18,25H,12H2,1-6H3,(H,24,26). The van der Waals surface area contributed by atoms with Gasteiger partial charge < -0.3 is 29.4 Å². The first-order chi connectivity index (χ1) is 14.2. The molecule has 30 heavy (non-hydrogen) atoms. The Bertz CT molecular complexity index is 813. The van der Waals surface area contributed by atoms with Gasteiger partial charge in [-0.3, -0.25) is 0 Å². The number of hydrogen-bond acceptors (Lipinski definition) is 8. The van der Waals surface area contributed by atoms with Gasteiger partial charge in [-0.2, -0.15) is 9.97 Å². The summed E-state index contributed by atoms with van der Waals surface area (Å²) in [4.78, 5) is 21.0. The minimum absolute atomic E-state index is 0.0912. The lowest BCUT2D eigenvalue weighted by Crippen LogP contribution is -2.38. The molecule has 2 N–H and O–H groups in total. The van der Waals surface area contributed by atoms with Crippen LogP contribution in [0.1, 0.15) is 44.0 Å². The van der Waals surface area contributed by atoms with Crippen molar-refractivity contribution < 1.29 is 28.8 Å². The number of nitrogens with one attached hydrogen (secondary N) is 1. The Hall–Kier alpha value is -3.07. The predicted octanol–water partition coefficient (Wildman–Crippen LogP) is 2.84. The molecule has 0 saturated heterocycles. The molecule has 2 atom stereocenters. The highest BCUT2D eigenvalue weighted by atomic mass is 16.6. The number of aliphatic hydroxyl groups excluding tert-OH is 1. The van der Waals surface area contributed by atoms with Crippen molar-refractivity contribution >= 4 is 6.09 Å². The molecular weight excluding hydrogens is 390 g/mol. The number of carbonyl (C=O) groups is 1. The number of aromatic nitrogens is 2. The highest BCUT2D eigenvalue weighted by Gasteiger charge is 2.30. The van der Waals surface area contributed by atoms with Gasteiger partial charge in [0.15, 0.2) is 0 Å². The van der Waals surface area contributed by atoms with Crippen molar-refractivity contribution in [2.75, 3.05) is 27.9 Å². The fraction of sp³-hybridized carbons (Fsp3) is 0.476. The second kappa shape index (κ2) is 10.1. The van der Waals surface area contributed by atoms with Crippen molar-refractivity contribution in [2.45, 2.75) is 38.3 Å². The van der Waals surface area contributed by atoms with Crippen LogP contribution in [0.15, 0.2) is 30.3 Å². The Morgan fingerprint density at radius 2 is 1.73 bits per heavy atom. The molecule has 1 aromatic heterocycles. The number of benzene rings is 1. The number of amides is 1. The smallest absolute Gasteiger partial charge is 0.408 e. The summed E-state index contributed by atoms with van der Waals surface area (Å²) in [6, 6.07) is 8.19. The van der Waals surface area contributed by atoms with Gasteiger partial charge in [0.1, 0.15) is 11.4 Å². The lowest BCUT2D eigenvalue weighted by Gasteiger charge is -2.29. The maximum absolute atomic E-state index is 12.5. The van der Waals surface area contributed by atoms with Gasteiger partial charge in [0.05, 0.1) is 39.7 Å². The van der Waals surface area contributed by atoms with Crippen LogP contribution in [-0.4, -0.2) is 54.7 Å². The third kappa shape index (κ3) is 6.21. The summed E-state index contributed by atoms with van der Waals surface area (Å²) >= 11 is 0. The zero-order valence-electron chi connectivity index (χ0n) is 18.1. The molecule has 0 bridgehead atoms. The number of rotatable bonds is 8. The van der Waals surface area contributed by atoms with E-state index in [4.69, 9.17) is 18.9 Å². The Morgan fingerprint density at radius 3 is 2.23 bits per heavy atom. The van der Waals surface area contributed by atoms with E-state index in [1.807, 2.05) is 0 Å². The van der Waals surface area contributed by atoms with Crippen LogP contribution in [0.5, 0.6) is 17.6 Å². The molecule has 9 heteroatoms. The van der Waals surface area contributed by atoms with Crippen LogP contribution < -0.4 is 19.5 Å². The second-order valence-corrected chi connectivity index (χ2v) is 7.51.